The van der Waals surface area contributed by atoms with Gasteiger partial charge in [-0.2, -0.15) is 0 Å². The van der Waals surface area contributed by atoms with Crippen LogP contribution in [0.25, 0.3) is 0 Å². The van der Waals surface area contributed by atoms with Gasteiger partial charge in [0.1, 0.15) is 5.60 Å². The summed E-state index contributed by atoms with van der Waals surface area (Å²) in [7, 11) is 0. The number of nitrogens with one attached hydrogen (secondary N) is 1. The molecule has 4 rings (SSSR count). The van der Waals surface area contributed by atoms with Crippen LogP contribution in [0.1, 0.15) is 82.9 Å². The molecule has 0 aliphatic heterocycles. The van der Waals surface area contributed by atoms with Crippen molar-refractivity contribution in [1.82, 2.24) is 9.88 Å². The lowest BCUT2D eigenvalue weighted by molar-refractivity contribution is 0.0455. The van der Waals surface area contributed by atoms with Crippen molar-refractivity contribution in [2.75, 3.05) is 0 Å². The molecule has 2 aromatic rings. The van der Waals surface area contributed by atoms with Crippen LogP contribution in [0.4, 0.5) is 4.79 Å². The molecular formula is C28H40N2O2. The number of nitrogens with zero attached hydrogens (tertiary/aromatic N) is 1. The molecule has 0 radical (unpaired) electrons. The number of benzene rings is 1. The Morgan fingerprint density at radius 3 is 2.34 bits per heavy atom. The monoisotopic (exact) mass is 436 g/mol. The quantitative estimate of drug-likeness (QED) is 0.569. The first-order valence-corrected chi connectivity index (χ1v) is 12.4. The van der Waals surface area contributed by atoms with Gasteiger partial charge >= 0.3 is 6.09 Å². The van der Waals surface area contributed by atoms with Gasteiger partial charge in [-0.1, -0.05) is 36.8 Å². The lowest BCUT2D eigenvalue weighted by Gasteiger charge is -2.39. The zero-order valence-corrected chi connectivity index (χ0v) is 20.4. The van der Waals surface area contributed by atoms with Crippen molar-refractivity contribution in [3.63, 3.8) is 0 Å². The third-order valence-electron chi connectivity index (χ3n) is 7.44. The number of carbonyl (C=O) groups is 1. The van der Waals surface area contributed by atoms with Gasteiger partial charge in [0.25, 0.3) is 0 Å². The maximum atomic E-state index is 12.4. The minimum absolute atomic E-state index is 0.197. The molecule has 0 saturated heterocycles. The molecule has 174 valence electrons. The van der Waals surface area contributed by atoms with E-state index in [-0.39, 0.29) is 12.1 Å². The number of rotatable bonds is 4. The van der Waals surface area contributed by atoms with Crippen molar-refractivity contribution < 1.29 is 9.53 Å². The maximum absolute atomic E-state index is 12.4. The predicted octanol–water partition coefficient (Wildman–Crippen LogP) is 6.86. The first-order valence-electron chi connectivity index (χ1n) is 12.4. The van der Waals surface area contributed by atoms with Crippen LogP contribution in [0.3, 0.4) is 0 Å². The molecule has 2 aliphatic rings. The Morgan fingerprint density at radius 2 is 1.69 bits per heavy atom. The van der Waals surface area contributed by atoms with E-state index in [4.69, 9.17) is 4.74 Å². The average Bonchev–Trinajstić information content (AvgIpc) is 3.36. The molecule has 0 bridgehead atoms. The Kier molecular flexibility index (Phi) is 6.69. The minimum atomic E-state index is -0.462. The molecule has 1 heterocycles. The van der Waals surface area contributed by atoms with E-state index in [9.17, 15) is 4.79 Å². The largest absolute Gasteiger partial charge is 0.444 e. The Labute approximate surface area is 193 Å². The number of hydrogen-bond acceptors (Lipinski definition) is 2. The van der Waals surface area contributed by atoms with E-state index in [0.29, 0.717) is 29.7 Å². The van der Waals surface area contributed by atoms with E-state index in [1.165, 1.54) is 30.4 Å². The summed E-state index contributed by atoms with van der Waals surface area (Å²) in [5.74, 6) is 2.45. The van der Waals surface area contributed by atoms with Crippen LogP contribution >= 0.6 is 0 Å². The minimum Gasteiger partial charge on any atom is -0.444 e. The molecule has 1 N–H and O–H groups in total. The summed E-state index contributed by atoms with van der Waals surface area (Å²) >= 11 is 0. The van der Waals surface area contributed by atoms with E-state index in [0.717, 1.165) is 12.8 Å². The first-order chi connectivity index (χ1) is 15.2. The van der Waals surface area contributed by atoms with Gasteiger partial charge in [-0.25, -0.2) is 4.79 Å². The number of hydrogen-bond donors (Lipinski definition) is 1. The summed E-state index contributed by atoms with van der Waals surface area (Å²) < 4.78 is 7.99. The molecule has 4 heteroatoms. The number of carbonyl (C=O) groups excluding carboxylic acids is 1. The molecule has 0 spiro atoms. The number of alkyl carbamates (subject to hydrolysis) is 1. The average molecular weight is 437 g/mol. The van der Waals surface area contributed by atoms with Crippen molar-refractivity contribution >= 4 is 6.09 Å². The van der Waals surface area contributed by atoms with E-state index in [2.05, 4.69) is 72.5 Å². The summed E-state index contributed by atoms with van der Waals surface area (Å²) in [4.78, 5) is 12.4. The van der Waals surface area contributed by atoms with Gasteiger partial charge in [-0.15, -0.1) is 0 Å². The molecule has 6 atom stereocenters. The van der Waals surface area contributed by atoms with Crippen molar-refractivity contribution in [1.29, 1.82) is 0 Å². The predicted molar refractivity (Wildman–Crippen MR) is 130 cm³/mol. The van der Waals surface area contributed by atoms with Gasteiger partial charge in [0, 0.05) is 24.5 Å². The zero-order chi connectivity index (χ0) is 22.9. The summed E-state index contributed by atoms with van der Waals surface area (Å²) in [6.07, 6.45) is 9.94. The van der Waals surface area contributed by atoms with Gasteiger partial charge in [0.15, 0.2) is 0 Å². The van der Waals surface area contributed by atoms with Gasteiger partial charge < -0.3 is 14.6 Å². The smallest absolute Gasteiger partial charge is 0.407 e. The van der Waals surface area contributed by atoms with Crippen molar-refractivity contribution in [2.24, 2.45) is 17.8 Å². The van der Waals surface area contributed by atoms with Crippen LogP contribution in [0.15, 0.2) is 48.8 Å². The fourth-order valence-electron chi connectivity index (χ4n) is 6.18. The second-order valence-corrected chi connectivity index (χ2v) is 11.4. The van der Waals surface area contributed by atoms with Gasteiger partial charge in [0.05, 0.1) is 0 Å². The Balaban J connectivity index is 1.51. The Hall–Kier alpha value is -2.23. The number of amides is 1. The second kappa shape index (κ2) is 9.33. The highest BCUT2D eigenvalue weighted by atomic mass is 16.6. The standard InChI is InChI=1S/C28H40N2O2/c1-19-8-10-21(11-9-19)22-17-25(26(18-22)30-12-6-7-13-30)23-14-20(2)15-24(16-23)29-27(31)32-28(3,4)5/h6-13,20,22-26H,14-18H2,1-5H3,(H,29,31)/t20-,22+,23?,24+,25+,26-/m0/s1. The molecule has 1 aromatic heterocycles. The molecule has 1 aromatic carbocycles. The second-order valence-electron chi connectivity index (χ2n) is 11.4. The first kappa shape index (κ1) is 22.9. The molecule has 4 nitrogen and oxygen atoms in total. The van der Waals surface area contributed by atoms with Crippen LogP contribution in [0.2, 0.25) is 0 Å². The highest BCUT2D eigenvalue weighted by Gasteiger charge is 2.43. The molecule has 2 aliphatic carbocycles. The zero-order valence-electron chi connectivity index (χ0n) is 20.4. The Bertz CT molecular complexity index is 881. The number of aryl methyl sites for hydroxylation is 1. The molecule has 2 saturated carbocycles. The third kappa shape index (κ3) is 5.57. The SMILES string of the molecule is Cc1ccc([C@@H]2C[C@H](C3C[C@H](C)C[C@@H](NC(=O)OC(C)(C)C)C3)[C@@H](n3cccc3)C2)cc1. The fourth-order valence-corrected chi connectivity index (χ4v) is 6.18. The topological polar surface area (TPSA) is 43.3 Å². The van der Waals surface area contributed by atoms with E-state index >= 15 is 0 Å². The van der Waals surface area contributed by atoms with E-state index < -0.39 is 5.60 Å². The Morgan fingerprint density at radius 1 is 1.00 bits per heavy atom. The van der Waals surface area contributed by atoms with Crippen LogP contribution < -0.4 is 5.32 Å². The van der Waals surface area contributed by atoms with Crippen LogP contribution in [0.5, 0.6) is 0 Å². The van der Waals surface area contributed by atoms with Crippen molar-refractivity contribution in [3.8, 4) is 0 Å². The van der Waals surface area contributed by atoms with Gasteiger partial charge in [0.2, 0.25) is 0 Å². The molecule has 32 heavy (non-hydrogen) atoms. The summed E-state index contributed by atoms with van der Waals surface area (Å²) in [5, 5.41) is 3.19. The molecular weight excluding hydrogens is 396 g/mol. The van der Waals surface area contributed by atoms with Crippen LogP contribution in [0, 0.1) is 24.7 Å². The highest BCUT2D eigenvalue weighted by molar-refractivity contribution is 5.68. The third-order valence-corrected chi connectivity index (χ3v) is 7.44. The maximum Gasteiger partial charge on any atom is 0.407 e. The van der Waals surface area contributed by atoms with Crippen molar-refractivity contribution in [3.05, 3.63) is 59.9 Å². The number of ether oxygens (including phenoxy) is 1. The molecule has 1 unspecified atom stereocenters. The lowest BCUT2D eigenvalue weighted by atomic mass is 9.71. The van der Waals surface area contributed by atoms with E-state index in [1.807, 2.05) is 20.8 Å². The summed E-state index contributed by atoms with van der Waals surface area (Å²) in [6, 6.07) is 14.2. The lowest BCUT2D eigenvalue weighted by Crippen LogP contribution is -2.44. The highest BCUT2D eigenvalue weighted by Crippen LogP contribution is 2.52. The summed E-state index contributed by atoms with van der Waals surface area (Å²) in [5.41, 5.74) is 2.33. The normalized spacial score (nSPS) is 30.8. The summed E-state index contributed by atoms with van der Waals surface area (Å²) in [6.45, 7) is 10.3. The van der Waals surface area contributed by atoms with Crippen LogP contribution in [-0.4, -0.2) is 22.3 Å². The fraction of sp³-hybridized carbons (Fsp3) is 0.607. The number of aromatic nitrogens is 1. The molecule has 1 amide bonds. The molecule has 2 fully saturated rings. The van der Waals surface area contributed by atoms with Gasteiger partial charge in [-0.3, -0.25) is 0 Å². The van der Waals surface area contributed by atoms with Crippen LogP contribution in [-0.2, 0) is 4.74 Å². The van der Waals surface area contributed by atoms with Gasteiger partial charge in [-0.05, 0) is 101 Å². The van der Waals surface area contributed by atoms with E-state index in [1.54, 1.807) is 0 Å². The van der Waals surface area contributed by atoms with Crippen molar-refractivity contribution in [2.45, 2.75) is 90.3 Å².